The van der Waals surface area contributed by atoms with Crippen molar-refractivity contribution in [2.24, 2.45) is 0 Å². The molecule has 0 atom stereocenters. The van der Waals surface area contributed by atoms with Gasteiger partial charge in [-0.25, -0.2) is 17.8 Å². The smallest absolute Gasteiger partial charge is 0.276 e. The van der Waals surface area contributed by atoms with Gasteiger partial charge in [-0.2, -0.15) is 0 Å². The average Bonchev–Trinajstić information content (AvgIpc) is 3.13. The van der Waals surface area contributed by atoms with Crippen molar-refractivity contribution < 1.29 is 12.8 Å². The van der Waals surface area contributed by atoms with E-state index >= 15 is 0 Å². The molecule has 4 rings (SSSR count). The highest BCUT2D eigenvalue weighted by molar-refractivity contribution is 7.94. The minimum Gasteiger partial charge on any atom is -0.319 e. The van der Waals surface area contributed by atoms with Crippen LogP contribution in [0.15, 0.2) is 63.0 Å². The Hall–Kier alpha value is -2.75. The maximum Gasteiger partial charge on any atom is 0.276 e. The molecule has 0 saturated carbocycles. The third-order valence-electron chi connectivity index (χ3n) is 4.55. The Bertz CT molecular complexity index is 1420. The summed E-state index contributed by atoms with van der Waals surface area (Å²) < 4.78 is 42.5. The first kappa shape index (κ1) is 20.5. The topological polar surface area (TPSA) is 83.1 Å². The molecule has 2 aromatic heterocycles. The summed E-state index contributed by atoms with van der Waals surface area (Å²) in [5, 5.41) is 0.772. The molecule has 30 heavy (non-hydrogen) atoms. The lowest BCUT2D eigenvalue weighted by Crippen LogP contribution is -2.31. The summed E-state index contributed by atoms with van der Waals surface area (Å²) in [6.07, 6.45) is 0. The number of para-hydroxylation sites is 1. The number of benzene rings is 2. The molecule has 1 N–H and O–H groups in total. The molecule has 0 bridgehead atoms. The summed E-state index contributed by atoms with van der Waals surface area (Å²) in [6.45, 7) is 1.42. The second-order valence-electron chi connectivity index (χ2n) is 6.54. The molecule has 0 aliphatic carbocycles. The predicted molar refractivity (Wildman–Crippen MR) is 116 cm³/mol. The fourth-order valence-corrected chi connectivity index (χ4v) is 6.11. The largest absolute Gasteiger partial charge is 0.319 e. The molecule has 0 saturated heterocycles. The molecule has 0 amide bonds. The van der Waals surface area contributed by atoms with Gasteiger partial charge in [-0.15, -0.1) is 11.3 Å². The van der Waals surface area contributed by atoms with E-state index < -0.39 is 21.4 Å². The highest BCUT2D eigenvalue weighted by atomic mass is 35.5. The van der Waals surface area contributed by atoms with E-state index in [4.69, 9.17) is 11.6 Å². The lowest BCUT2D eigenvalue weighted by Gasteiger charge is -2.25. The van der Waals surface area contributed by atoms with Crippen molar-refractivity contribution in [3.05, 3.63) is 86.5 Å². The van der Waals surface area contributed by atoms with E-state index in [0.29, 0.717) is 27.4 Å². The Morgan fingerprint density at radius 1 is 1.20 bits per heavy atom. The first-order chi connectivity index (χ1) is 14.3. The van der Waals surface area contributed by atoms with Gasteiger partial charge in [0.25, 0.3) is 10.0 Å². The summed E-state index contributed by atoms with van der Waals surface area (Å²) in [5.74, 6) is -0.595. The number of nitrogens with one attached hydrogen (secondary N) is 1. The number of H-pyrrole nitrogens is 1. The Morgan fingerprint density at radius 2 is 1.97 bits per heavy atom. The van der Waals surface area contributed by atoms with Crippen molar-refractivity contribution in [3.8, 4) is 0 Å². The Labute approximate surface area is 180 Å². The van der Waals surface area contributed by atoms with E-state index in [2.05, 4.69) is 9.97 Å². The van der Waals surface area contributed by atoms with Crippen LogP contribution in [-0.2, 0) is 16.6 Å². The van der Waals surface area contributed by atoms with Crippen molar-refractivity contribution in [1.29, 1.82) is 0 Å². The number of fused-ring (bicyclic) bond motifs is 1. The van der Waals surface area contributed by atoms with Crippen molar-refractivity contribution in [2.45, 2.75) is 17.7 Å². The monoisotopic (exact) mass is 463 g/mol. The van der Waals surface area contributed by atoms with Crippen molar-refractivity contribution in [3.63, 3.8) is 0 Å². The molecule has 0 spiro atoms. The summed E-state index contributed by atoms with van der Waals surface area (Å²) in [7, 11) is -4.02. The summed E-state index contributed by atoms with van der Waals surface area (Å²) in [5.41, 5.74) is 2.00. The van der Waals surface area contributed by atoms with Gasteiger partial charge in [0, 0.05) is 16.5 Å². The van der Waals surface area contributed by atoms with Gasteiger partial charge in [0.2, 0.25) is 5.56 Å². The van der Waals surface area contributed by atoms with Crippen LogP contribution >= 0.6 is 22.9 Å². The zero-order valence-electron chi connectivity index (χ0n) is 15.6. The third kappa shape index (κ3) is 3.71. The molecule has 0 fully saturated rings. The molecule has 0 unspecified atom stereocenters. The zero-order valence-corrected chi connectivity index (χ0v) is 18.0. The van der Waals surface area contributed by atoms with Crippen LogP contribution in [-0.4, -0.2) is 18.4 Å². The van der Waals surface area contributed by atoms with Crippen LogP contribution in [0.2, 0.25) is 5.02 Å². The molecule has 4 aromatic rings. The number of hydrogen-bond acceptors (Lipinski definition) is 5. The number of aromatic amines is 1. The number of aromatic nitrogens is 2. The predicted octanol–water partition coefficient (Wildman–Crippen LogP) is 4.48. The molecular formula is C20H15ClFN3O3S2. The maximum absolute atomic E-state index is 14.2. The van der Waals surface area contributed by atoms with Crippen molar-refractivity contribution in [2.75, 3.05) is 4.31 Å². The standard InChI is InChI=1S/C20H15ClFN3O3S2/c1-12-20(29-11-23-12)30(27,28)25(15-5-2-4-14(21)9-15)10-13-8-18(26)24-19-16(13)6-3-7-17(19)22/h2-9,11H,10H2,1H3,(H,24,26). The Balaban J connectivity index is 1.93. The summed E-state index contributed by atoms with van der Waals surface area (Å²) in [4.78, 5) is 18.7. The molecule has 10 heteroatoms. The van der Waals surface area contributed by atoms with Gasteiger partial charge in [-0.3, -0.25) is 9.10 Å². The van der Waals surface area contributed by atoms with Crippen LogP contribution in [0, 0.1) is 12.7 Å². The van der Waals surface area contributed by atoms with E-state index in [-0.39, 0.29) is 16.3 Å². The summed E-state index contributed by atoms with van der Waals surface area (Å²) >= 11 is 7.11. The van der Waals surface area contributed by atoms with Crippen molar-refractivity contribution >= 4 is 49.6 Å². The highest BCUT2D eigenvalue weighted by Gasteiger charge is 2.29. The Morgan fingerprint density at radius 3 is 2.67 bits per heavy atom. The van der Waals surface area contributed by atoms with Crippen molar-refractivity contribution in [1.82, 2.24) is 9.97 Å². The molecular weight excluding hydrogens is 449 g/mol. The van der Waals surface area contributed by atoms with E-state index in [1.165, 1.54) is 29.8 Å². The number of rotatable bonds is 5. The zero-order chi connectivity index (χ0) is 21.5. The molecule has 6 nitrogen and oxygen atoms in total. The average molecular weight is 464 g/mol. The molecule has 2 aromatic carbocycles. The van der Waals surface area contributed by atoms with Crippen LogP contribution in [0.5, 0.6) is 0 Å². The first-order valence-electron chi connectivity index (χ1n) is 8.76. The van der Waals surface area contributed by atoms with Crippen LogP contribution in [0.3, 0.4) is 0 Å². The van der Waals surface area contributed by atoms with Gasteiger partial charge in [0.1, 0.15) is 5.82 Å². The molecule has 0 aliphatic heterocycles. The van der Waals surface area contributed by atoms with E-state index in [0.717, 1.165) is 15.6 Å². The number of aryl methyl sites for hydroxylation is 1. The van der Waals surface area contributed by atoms with E-state index in [9.17, 15) is 17.6 Å². The van der Waals surface area contributed by atoms with Gasteiger partial charge in [0.15, 0.2) is 4.21 Å². The number of anilines is 1. The van der Waals surface area contributed by atoms with Crippen LogP contribution in [0.25, 0.3) is 10.9 Å². The third-order valence-corrected chi connectivity index (χ3v) is 8.11. The number of pyridine rings is 1. The number of nitrogens with zero attached hydrogens (tertiary/aromatic N) is 2. The first-order valence-corrected chi connectivity index (χ1v) is 11.5. The maximum atomic E-state index is 14.2. The number of thiazole rings is 1. The Kier molecular flexibility index (Phi) is 5.35. The quantitative estimate of drug-likeness (QED) is 0.473. The van der Waals surface area contributed by atoms with Crippen LogP contribution < -0.4 is 9.86 Å². The molecule has 0 aliphatic rings. The minimum absolute atomic E-state index is 0.0254. The second kappa shape index (κ2) is 7.82. The van der Waals surface area contributed by atoms with Gasteiger partial charge in [-0.1, -0.05) is 29.8 Å². The van der Waals surface area contributed by atoms with E-state index in [1.807, 2.05) is 0 Å². The van der Waals surface area contributed by atoms with Gasteiger partial charge < -0.3 is 4.98 Å². The SMILES string of the molecule is Cc1ncsc1S(=O)(=O)N(Cc1cc(=O)[nH]c2c(F)cccc12)c1cccc(Cl)c1. The fraction of sp³-hybridized carbons (Fsp3) is 0.100. The lowest BCUT2D eigenvalue weighted by atomic mass is 10.1. The van der Waals surface area contributed by atoms with E-state index in [1.54, 1.807) is 31.2 Å². The number of sulfonamides is 1. The van der Waals surface area contributed by atoms with Crippen LogP contribution in [0.4, 0.5) is 10.1 Å². The second-order valence-corrected chi connectivity index (χ2v) is 9.89. The molecule has 0 radical (unpaired) electrons. The highest BCUT2D eigenvalue weighted by Crippen LogP contribution is 2.32. The number of halogens is 2. The van der Waals surface area contributed by atoms with Gasteiger partial charge >= 0.3 is 0 Å². The molecule has 154 valence electrons. The van der Waals surface area contributed by atoms with Gasteiger partial charge in [0.05, 0.1) is 29.0 Å². The fourth-order valence-electron chi connectivity index (χ4n) is 3.18. The summed E-state index contributed by atoms with van der Waals surface area (Å²) in [6, 6.07) is 12.0. The lowest BCUT2D eigenvalue weighted by molar-refractivity contribution is 0.592. The van der Waals surface area contributed by atoms with Crippen LogP contribution in [0.1, 0.15) is 11.3 Å². The van der Waals surface area contributed by atoms with Gasteiger partial charge in [-0.05, 0) is 36.8 Å². The minimum atomic E-state index is -4.02. The normalized spacial score (nSPS) is 11.7. The molecule has 2 heterocycles. The number of hydrogen-bond donors (Lipinski definition) is 1.